The molecule has 2 aromatic rings. The zero-order valence-corrected chi connectivity index (χ0v) is 8.75. The first-order valence-electron chi connectivity index (χ1n) is 4.74. The zero-order chi connectivity index (χ0) is 11.4. The highest BCUT2D eigenvalue weighted by molar-refractivity contribution is 5.47. The van der Waals surface area contributed by atoms with Gasteiger partial charge in [0.1, 0.15) is 12.0 Å². The van der Waals surface area contributed by atoms with Crippen LogP contribution in [-0.2, 0) is 11.3 Å². The molecule has 0 unspecified atom stereocenters. The van der Waals surface area contributed by atoms with Crippen molar-refractivity contribution in [3.05, 3.63) is 28.8 Å². The Balaban J connectivity index is 2.29. The average Bonchev–Trinajstić information content (AvgIpc) is 2.75. The van der Waals surface area contributed by atoms with E-state index < -0.39 is 0 Å². The van der Waals surface area contributed by atoms with Crippen LogP contribution in [0.3, 0.4) is 0 Å². The first kappa shape index (κ1) is 10.5. The summed E-state index contributed by atoms with van der Waals surface area (Å²) in [4.78, 5) is 10.9. The first-order chi connectivity index (χ1) is 7.81. The van der Waals surface area contributed by atoms with Gasteiger partial charge in [-0.1, -0.05) is 0 Å². The van der Waals surface area contributed by atoms with Gasteiger partial charge in [-0.2, -0.15) is 5.10 Å². The first-order valence-corrected chi connectivity index (χ1v) is 4.74. The molecule has 0 amide bonds. The van der Waals surface area contributed by atoms with Crippen LogP contribution in [0.5, 0.6) is 0 Å². The Labute approximate surface area is 91.1 Å². The van der Waals surface area contributed by atoms with Gasteiger partial charge in [0, 0.05) is 19.7 Å². The van der Waals surface area contributed by atoms with E-state index in [0.29, 0.717) is 24.7 Å². The van der Waals surface area contributed by atoms with Crippen molar-refractivity contribution in [3.63, 3.8) is 0 Å². The van der Waals surface area contributed by atoms with Gasteiger partial charge in [0.2, 0.25) is 0 Å². The lowest BCUT2D eigenvalue weighted by Crippen LogP contribution is -2.09. The van der Waals surface area contributed by atoms with Crippen molar-refractivity contribution >= 4 is 0 Å². The third-order valence-corrected chi connectivity index (χ3v) is 2.06. The van der Waals surface area contributed by atoms with Crippen molar-refractivity contribution in [1.82, 2.24) is 25.0 Å². The lowest BCUT2D eigenvalue weighted by atomic mass is 10.3. The molecule has 7 heteroatoms. The van der Waals surface area contributed by atoms with Gasteiger partial charge in [0.05, 0.1) is 6.61 Å². The van der Waals surface area contributed by atoms with Gasteiger partial charge in [0.15, 0.2) is 5.82 Å². The van der Waals surface area contributed by atoms with Crippen molar-refractivity contribution in [2.45, 2.75) is 6.54 Å². The van der Waals surface area contributed by atoms with E-state index in [9.17, 15) is 4.79 Å². The molecule has 0 atom stereocenters. The number of nitrogens with zero attached hydrogens (tertiary/aromatic N) is 4. The minimum atomic E-state index is -0.244. The van der Waals surface area contributed by atoms with Crippen molar-refractivity contribution < 1.29 is 4.74 Å². The van der Waals surface area contributed by atoms with Gasteiger partial charge >= 0.3 is 0 Å². The zero-order valence-electron chi connectivity index (χ0n) is 8.75. The SMILES string of the molecule is COCCn1cnnc1-c1ccc(=O)[nH]n1. The van der Waals surface area contributed by atoms with Crippen LogP contribution in [0.2, 0.25) is 0 Å². The molecule has 84 valence electrons. The summed E-state index contributed by atoms with van der Waals surface area (Å²) in [7, 11) is 1.63. The number of ether oxygens (including phenoxy) is 1. The molecule has 0 fully saturated rings. The van der Waals surface area contributed by atoms with Crippen LogP contribution in [-0.4, -0.2) is 38.7 Å². The largest absolute Gasteiger partial charge is 0.383 e. The van der Waals surface area contributed by atoms with Gasteiger partial charge in [-0.25, -0.2) is 5.10 Å². The van der Waals surface area contributed by atoms with Gasteiger partial charge in [-0.3, -0.25) is 4.79 Å². The molecule has 0 aliphatic rings. The highest BCUT2D eigenvalue weighted by Crippen LogP contribution is 2.10. The van der Waals surface area contributed by atoms with Gasteiger partial charge in [-0.05, 0) is 6.07 Å². The van der Waals surface area contributed by atoms with E-state index in [1.165, 1.54) is 6.07 Å². The minimum Gasteiger partial charge on any atom is -0.383 e. The molecule has 2 heterocycles. The van der Waals surface area contributed by atoms with Gasteiger partial charge < -0.3 is 9.30 Å². The third kappa shape index (κ3) is 2.14. The summed E-state index contributed by atoms with van der Waals surface area (Å²) in [5.41, 5.74) is 0.333. The van der Waals surface area contributed by atoms with Crippen molar-refractivity contribution in [1.29, 1.82) is 0 Å². The van der Waals surface area contributed by atoms with Crippen LogP contribution < -0.4 is 5.56 Å². The summed E-state index contributed by atoms with van der Waals surface area (Å²) in [5.74, 6) is 0.605. The van der Waals surface area contributed by atoms with E-state index in [1.807, 2.05) is 4.57 Å². The Hall–Kier alpha value is -2.02. The highest BCUT2D eigenvalue weighted by atomic mass is 16.5. The van der Waals surface area contributed by atoms with Crippen molar-refractivity contribution in [2.75, 3.05) is 13.7 Å². The topological polar surface area (TPSA) is 85.7 Å². The Morgan fingerprint density at radius 2 is 2.38 bits per heavy atom. The molecule has 0 bridgehead atoms. The Bertz CT molecular complexity index is 498. The smallest absolute Gasteiger partial charge is 0.264 e. The summed E-state index contributed by atoms with van der Waals surface area (Å²) in [6.07, 6.45) is 1.60. The minimum absolute atomic E-state index is 0.244. The normalized spacial score (nSPS) is 10.6. The molecule has 0 aliphatic heterocycles. The summed E-state index contributed by atoms with van der Waals surface area (Å²) in [6, 6.07) is 3.00. The second kappa shape index (κ2) is 4.67. The predicted octanol–water partition coefficient (Wildman–Crippen LogP) is -0.325. The van der Waals surface area contributed by atoms with E-state index in [4.69, 9.17) is 4.74 Å². The number of hydrogen-bond acceptors (Lipinski definition) is 5. The van der Waals surface area contributed by atoms with E-state index in [-0.39, 0.29) is 5.56 Å². The standard InChI is InChI=1S/C9H11N5O2/c1-16-5-4-14-6-10-13-9(14)7-2-3-8(15)12-11-7/h2-3,6H,4-5H2,1H3,(H,12,15). The Kier molecular flexibility index (Phi) is 3.06. The number of methoxy groups -OCH3 is 1. The molecule has 2 rings (SSSR count). The molecule has 0 aromatic carbocycles. The average molecular weight is 221 g/mol. The molecule has 2 aromatic heterocycles. The lowest BCUT2D eigenvalue weighted by molar-refractivity contribution is 0.187. The lowest BCUT2D eigenvalue weighted by Gasteiger charge is -2.04. The van der Waals surface area contributed by atoms with Crippen LogP contribution >= 0.6 is 0 Å². The van der Waals surface area contributed by atoms with Crippen LogP contribution in [0.15, 0.2) is 23.3 Å². The fraction of sp³-hybridized carbons (Fsp3) is 0.333. The number of rotatable bonds is 4. The maximum Gasteiger partial charge on any atom is 0.264 e. The fourth-order valence-corrected chi connectivity index (χ4v) is 1.28. The molecular weight excluding hydrogens is 210 g/mol. The maximum absolute atomic E-state index is 10.9. The highest BCUT2D eigenvalue weighted by Gasteiger charge is 2.08. The Morgan fingerprint density at radius 1 is 1.50 bits per heavy atom. The van der Waals surface area contributed by atoms with Crippen LogP contribution in [0.1, 0.15) is 0 Å². The second-order valence-electron chi connectivity index (χ2n) is 3.15. The summed E-state index contributed by atoms with van der Waals surface area (Å²) >= 11 is 0. The molecule has 7 nitrogen and oxygen atoms in total. The molecule has 0 spiro atoms. The summed E-state index contributed by atoms with van der Waals surface area (Å²) in [5, 5.41) is 14.0. The number of nitrogens with one attached hydrogen (secondary N) is 1. The summed E-state index contributed by atoms with van der Waals surface area (Å²) < 4.78 is 6.78. The monoisotopic (exact) mass is 221 g/mol. The molecule has 0 saturated heterocycles. The molecule has 0 saturated carbocycles. The van der Waals surface area contributed by atoms with E-state index in [2.05, 4.69) is 20.4 Å². The van der Waals surface area contributed by atoms with E-state index >= 15 is 0 Å². The van der Waals surface area contributed by atoms with E-state index in [1.54, 1.807) is 19.5 Å². The van der Waals surface area contributed by atoms with Gasteiger partial charge in [-0.15, -0.1) is 10.2 Å². The van der Waals surface area contributed by atoms with E-state index in [0.717, 1.165) is 0 Å². The molecule has 0 aliphatic carbocycles. The molecule has 1 N–H and O–H groups in total. The molecule has 16 heavy (non-hydrogen) atoms. The van der Waals surface area contributed by atoms with Crippen LogP contribution in [0.25, 0.3) is 11.5 Å². The van der Waals surface area contributed by atoms with Gasteiger partial charge in [0.25, 0.3) is 5.56 Å². The molecular formula is C9H11N5O2. The maximum atomic E-state index is 10.9. The predicted molar refractivity (Wildman–Crippen MR) is 55.7 cm³/mol. The summed E-state index contributed by atoms with van der Waals surface area (Å²) in [6.45, 7) is 1.20. The van der Waals surface area contributed by atoms with Crippen LogP contribution in [0.4, 0.5) is 0 Å². The fourth-order valence-electron chi connectivity index (χ4n) is 1.28. The number of hydrogen-bond donors (Lipinski definition) is 1. The third-order valence-electron chi connectivity index (χ3n) is 2.06. The number of aromatic nitrogens is 5. The number of H-pyrrole nitrogens is 1. The second-order valence-corrected chi connectivity index (χ2v) is 3.15. The van der Waals surface area contributed by atoms with Crippen molar-refractivity contribution in [3.8, 4) is 11.5 Å². The van der Waals surface area contributed by atoms with Crippen molar-refractivity contribution in [2.24, 2.45) is 0 Å². The number of aromatic amines is 1. The molecule has 0 radical (unpaired) electrons. The Morgan fingerprint density at radius 3 is 3.06 bits per heavy atom. The quantitative estimate of drug-likeness (QED) is 0.764. The van der Waals surface area contributed by atoms with Crippen LogP contribution in [0, 0.1) is 0 Å².